The molecule has 0 aliphatic carbocycles. The van der Waals surface area contributed by atoms with Crippen LogP contribution in [0.25, 0.3) is 0 Å². The van der Waals surface area contributed by atoms with E-state index in [1.54, 1.807) is 19.1 Å². The molecule has 0 fully saturated rings. The van der Waals surface area contributed by atoms with E-state index < -0.39 is 7.80 Å². The molecule has 0 aliphatic heterocycles. The molecule has 1 rings (SSSR count). The van der Waals surface area contributed by atoms with Crippen molar-refractivity contribution in [3.63, 3.8) is 0 Å². The Morgan fingerprint density at radius 1 is 1.50 bits per heavy atom. The van der Waals surface area contributed by atoms with Gasteiger partial charge in [-0.2, -0.15) is 0 Å². The Labute approximate surface area is 61.1 Å². The van der Waals surface area contributed by atoms with Gasteiger partial charge in [0.1, 0.15) is 7.80 Å². The highest BCUT2D eigenvalue weighted by molar-refractivity contribution is 7.52. The summed E-state index contributed by atoms with van der Waals surface area (Å²) in [7, 11) is -1.55. The Hall–Kier alpha value is -0.620. The van der Waals surface area contributed by atoms with Crippen molar-refractivity contribution < 1.29 is 4.57 Å². The van der Waals surface area contributed by atoms with Crippen LogP contribution in [0.15, 0.2) is 18.5 Å². The van der Waals surface area contributed by atoms with Gasteiger partial charge in [-0.05, 0) is 25.2 Å². The second-order valence-electron chi connectivity index (χ2n) is 2.31. The molecule has 0 saturated heterocycles. The molecule has 1 heterocycles. The van der Waals surface area contributed by atoms with E-state index in [4.69, 9.17) is 0 Å². The molecule has 0 bridgehead atoms. The van der Waals surface area contributed by atoms with Gasteiger partial charge in [-0.1, -0.05) is 0 Å². The molecule has 0 saturated carbocycles. The lowest BCUT2D eigenvalue weighted by Crippen LogP contribution is -1.96. The molecule has 1 aromatic rings. The molecule has 1 atom stereocenters. The minimum Gasteiger partial charge on any atom is -0.322 e. The molecular weight excluding hydrogens is 145 g/mol. The van der Waals surface area contributed by atoms with E-state index in [0.29, 0.717) is 0 Å². The predicted octanol–water partition coefficient (Wildman–Crippen LogP) is 1.20. The zero-order valence-corrected chi connectivity index (χ0v) is 7.09. The first-order valence-electron chi connectivity index (χ1n) is 3.13. The van der Waals surface area contributed by atoms with Gasteiger partial charge in [0, 0.05) is 17.7 Å². The fraction of sp³-hybridized carbons (Fsp3) is 0.286. The summed E-state index contributed by atoms with van der Waals surface area (Å²) in [5, 5.41) is 0.866. The molecular formula is C7H10NOP. The molecule has 0 amide bonds. The average molecular weight is 155 g/mol. The molecule has 3 heteroatoms. The lowest BCUT2D eigenvalue weighted by Gasteiger charge is -1.95. The number of rotatable bonds is 1. The van der Waals surface area contributed by atoms with Gasteiger partial charge in [-0.15, -0.1) is 0 Å². The van der Waals surface area contributed by atoms with Crippen LogP contribution < -0.4 is 5.30 Å². The van der Waals surface area contributed by atoms with E-state index >= 15 is 0 Å². The van der Waals surface area contributed by atoms with Crippen molar-refractivity contribution in [2.45, 2.75) is 6.92 Å². The van der Waals surface area contributed by atoms with E-state index in [1.165, 1.54) is 0 Å². The van der Waals surface area contributed by atoms with Gasteiger partial charge in [-0.3, -0.25) is 4.98 Å². The lowest BCUT2D eigenvalue weighted by atomic mass is 10.3. The van der Waals surface area contributed by atoms with Gasteiger partial charge in [0.05, 0.1) is 0 Å². The van der Waals surface area contributed by atoms with Crippen molar-refractivity contribution in [1.29, 1.82) is 0 Å². The summed E-state index contributed by atoms with van der Waals surface area (Å²) < 4.78 is 10.9. The maximum absolute atomic E-state index is 10.9. The topological polar surface area (TPSA) is 30.0 Å². The molecule has 0 N–H and O–H groups in total. The van der Waals surface area contributed by atoms with Crippen molar-refractivity contribution >= 4 is 13.1 Å². The monoisotopic (exact) mass is 155 g/mol. The number of hydrogen-bond acceptors (Lipinski definition) is 2. The highest BCUT2D eigenvalue weighted by Crippen LogP contribution is 2.12. The Morgan fingerprint density at radius 2 is 2.20 bits per heavy atom. The average Bonchev–Trinajstić information content (AvgIpc) is 1.88. The highest BCUT2D eigenvalue weighted by atomic mass is 31.1. The summed E-state index contributed by atoms with van der Waals surface area (Å²) in [6.45, 7) is 3.67. The van der Waals surface area contributed by atoms with Crippen LogP contribution in [0.4, 0.5) is 0 Å². The normalized spacial score (nSPS) is 13.0. The molecule has 1 aromatic heterocycles. The highest BCUT2D eigenvalue weighted by Gasteiger charge is 1.95. The van der Waals surface area contributed by atoms with Crippen molar-refractivity contribution in [3.05, 3.63) is 24.0 Å². The van der Waals surface area contributed by atoms with Crippen LogP contribution in [0, 0.1) is 6.92 Å². The fourth-order valence-electron chi connectivity index (χ4n) is 0.747. The van der Waals surface area contributed by atoms with Crippen LogP contribution in [0.2, 0.25) is 0 Å². The van der Waals surface area contributed by atoms with Crippen LogP contribution >= 0.6 is 7.80 Å². The summed E-state index contributed by atoms with van der Waals surface area (Å²) in [5.74, 6) is 0. The minimum absolute atomic E-state index is 0.866. The maximum atomic E-state index is 10.9. The van der Waals surface area contributed by atoms with Crippen molar-refractivity contribution in [2.24, 2.45) is 0 Å². The van der Waals surface area contributed by atoms with E-state index in [1.807, 2.05) is 13.0 Å². The molecule has 54 valence electrons. The van der Waals surface area contributed by atoms with Gasteiger partial charge in [-0.25, -0.2) is 0 Å². The molecule has 1 unspecified atom stereocenters. The van der Waals surface area contributed by atoms with E-state index in [2.05, 4.69) is 4.98 Å². The summed E-state index contributed by atoms with van der Waals surface area (Å²) in [5.41, 5.74) is 1.07. The van der Waals surface area contributed by atoms with Crippen molar-refractivity contribution in [2.75, 3.05) is 6.66 Å². The molecule has 0 aromatic carbocycles. The Morgan fingerprint density at radius 3 is 2.60 bits per heavy atom. The van der Waals surface area contributed by atoms with Crippen LogP contribution in [0.1, 0.15) is 5.56 Å². The van der Waals surface area contributed by atoms with Crippen LogP contribution in [0.5, 0.6) is 0 Å². The number of aromatic nitrogens is 1. The summed E-state index contributed by atoms with van der Waals surface area (Å²) in [4.78, 5) is 3.93. The summed E-state index contributed by atoms with van der Waals surface area (Å²) in [6, 6.07) is 1.91. The number of hydrogen-bond donors (Lipinski definition) is 0. The first kappa shape index (κ1) is 7.49. The number of pyridine rings is 1. The van der Waals surface area contributed by atoms with Crippen molar-refractivity contribution in [3.8, 4) is 0 Å². The summed E-state index contributed by atoms with van der Waals surface area (Å²) >= 11 is 0. The number of aryl methyl sites for hydroxylation is 1. The van der Waals surface area contributed by atoms with Crippen LogP contribution in [-0.4, -0.2) is 11.6 Å². The molecule has 2 nitrogen and oxygen atoms in total. The predicted molar refractivity (Wildman–Crippen MR) is 43.5 cm³/mol. The quantitative estimate of drug-likeness (QED) is 0.570. The fourth-order valence-corrected chi connectivity index (χ4v) is 1.43. The van der Waals surface area contributed by atoms with Crippen LogP contribution in [-0.2, 0) is 4.57 Å². The van der Waals surface area contributed by atoms with Gasteiger partial charge in [0.25, 0.3) is 0 Å². The van der Waals surface area contributed by atoms with Crippen molar-refractivity contribution in [1.82, 2.24) is 4.98 Å². The van der Waals surface area contributed by atoms with Crippen LogP contribution in [0.3, 0.4) is 0 Å². The third-order valence-electron chi connectivity index (χ3n) is 1.28. The van der Waals surface area contributed by atoms with Gasteiger partial charge >= 0.3 is 0 Å². The zero-order chi connectivity index (χ0) is 7.56. The standard InChI is InChI=1S/C7H10NOP/c1-6-3-7(10(2)9)5-8-4-6/h3-5,10H,1-2H3. The van der Waals surface area contributed by atoms with Gasteiger partial charge < -0.3 is 4.57 Å². The molecule has 0 radical (unpaired) electrons. The Kier molecular flexibility index (Phi) is 2.23. The Bertz CT molecular complexity index is 260. The lowest BCUT2D eigenvalue weighted by molar-refractivity contribution is 0.596. The minimum atomic E-state index is -1.55. The maximum Gasteiger partial charge on any atom is 0.102 e. The third-order valence-corrected chi connectivity index (χ3v) is 2.37. The largest absolute Gasteiger partial charge is 0.322 e. The summed E-state index contributed by atoms with van der Waals surface area (Å²) in [6.07, 6.45) is 3.42. The third kappa shape index (κ3) is 1.68. The van der Waals surface area contributed by atoms with E-state index in [0.717, 1.165) is 10.9 Å². The molecule has 10 heavy (non-hydrogen) atoms. The smallest absolute Gasteiger partial charge is 0.102 e. The SMILES string of the molecule is Cc1cncc([PH](C)=O)c1. The van der Waals surface area contributed by atoms with Gasteiger partial charge in [0.15, 0.2) is 0 Å². The molecule has 0 aliphatic rings. The molecule has 0 spiro atoms. The Balaban J connectivity index is 3.07. The second kappa shape index (κ2) is 2.98. The zero-order valence-electron chi connectivity index (χ0n) is 6.09. The van der Waals surface area contributed by atoms with Gasteiger partial charge in [0.2, 0.25) is 0 Å². The van der Waals surface area contributed by atoms with E-state index in [9.17, 15) is 4.57 Å². The first-order valence-corrected chi connectivity index (χ1v) is 5.03. The number of nitrogens with zero attached hydrogens (tertiary/aromatic N) is 1. The van der Waals surface area contributed by atoms with E-state index in [-0.39, 0.29) is 0 Å². The first-order chi connectivity index (χ1) is 4.70. The second-order valence-corrected chi connectivity index (χ2v) is 4.00.